The van der Waals surface area contributed by atoms with Gasteiger partial charge in [-0.15, -0.1) is 5.10 Å². The molecule has 1 aliphatic rings. The SMILES string of the molecule is CC(C)(C)OC(=O)c1cc2cc(NC(=O)[C@H](Cc3ccc([N+](=O)[O-])cc3)N3CCN(c4cc(Cl)ccc4-n4cnnn4)C(=O)C3=O)ccc2n1C(=O)OC(C)(C)C. The standard InChI is InChI=1S/C38H38ClN9O9/c1-37(2,3)56-35(52)31-19-23-18-25(10-14-27(23)47(31)36(53)57-38(4,5)6)41-32(49)30(17-22-7-11-26(12-8-22)48(54)55)45-16-15-44(33(50)34(45)51)29-20-24(39)9-13-28(29)46-21-40-42-43-46/h7-14,18-21,30H,15-17H2,1-6H3,(H,41,49)/t30-/m0/s1. The third-order valence-electron chi connectivity index (χ3n) is 8.59. The first-order chi connectivity index (χ1) is 26.8. The fraction of sp³-hybridized carbons (Fsp3) is 0.316. The monoisotopic (exact) mass is 799 g/mol. The number of ether oxygens (including phenoxy) is 2. The van der Waals surface area contributed by atoms with Crippen LogP contribution in [0.15, 0.2) is 73.1 Å². The predicted octanol–water partition coefficient (Wildman–Crippen LogP) is 5.34. The maximum atomic E-state index is 14.3. The van der Waals surface area contributed by atoms with E-state index < -0.39 is 52.0 Å². The van der Waals surface area contributed by atoms with Crippen LogP contribution in [-0.4, -0.2) is 94.7 Å². The highest BCUT2D eigenvalue weighted by atomic mass is 35.5. The van der Waals surface area contributed by atoms with Crippen LogP contribution >= 0.6 is 11.6 Å². The summed E-state index contributed by atoms with van der Waals surface area (Å²) in [5, 5.41) is 26.0. The summed E-state index contributed by atoms with van der Waals surface area (Å²) in [7, 11) is 0. The molecule has 3 aromatic carbocycles. The predicted molar refractivity (Wildman–Crippen MR) is 206 cm³/mol. The van der Waals surface area contributed by atoms with E-state index in [2.05, 4.69) is 20.8 Å². The zero-order valence-electron chi connectivity index (χ0n) is 31.8. The summed E-state index contributed by atoms with van der Waals surface area (Å²) in [5.74, 6) is -3.39. The summed E-state index contributed by atoms with van der Waals surface area (Å²) in [6, 6.07) is 14.9. The van der Waals surface area contributed by atoms with Gasteiger partial charge in [0.05, 0.1) is 21.8 Å². The van der Waals surface area contributed by atoms with Gasteiger partial charge in [0, 0.05) is 47.7 Å². The lowest BCUT2D eigenvalue weighted by Crippen LogP contribution is -2.60. The van der Waals surface area contributed by atoms with Crippen molar-refractivity contribution in [3.8, 4) is 5.69 Å². The van der Waals surface area contributed by atoms with Crippen molar-refractivity contribution >= 4 is 69.4 Å². The Bertz CT molecular complexity index is 2400. The summed E-state index contributed by atoms with van der Waals surface area (Å²) in [5.41, 5.74) is -0.376. The van der Waals surface area contributed by atoms with Crippen LogP contribution in [0.5, 0.6) is 0 Å². The lowest BCUT2D eigenvalue weighted by Gasteiger charge is -2.38. The molecule has 1 N–H and O–H groups in total. The number of rotatable bonds is 9. The fourth-order valence-corrected chi connectivity index (χ4v) is 6.35. The molecule has 19 heteroatoms. The maximum absolute atomic E-state index is 14.3. The Morgan fingerprint density at radius 1 is 0.895 bits per heavy atom. The van der Waals surface area contributed by atoms with Crippen LogP contribution in [0.1, 0.15) is 57.6 Å². The number of fused-ring (bicyclic) bond motifs is 1. The Morgan fingerprint density at radius 2 is 1.60 bits per heavy atom. The third kappa shape index (κ3) is 8.91. The first-order valence-electron chi connectivity index (χ1n) is 17.6. The number of anilines is 2. The quantitative estimate of drug-likeness (QED) is 0.0866. The molecule has 57 heavy (non-hydrogen) atoms. The largest absolute Gasteiger partial charge is 0.455 e. The average Bonchev–Trinajstić information content (AvgIpc) is 3.79. The number of tetrazole rings is 1. The number of hydrogen-bond acceptors (Lipinski definition) is 12. The minimum atomic E-state index is -1.28. The molecule has 0 saturated carbocycles. The first kappa shape index (κ1) is 40.0. The minimum absolute atomic E-state index is 0.0400. The van der Waals surface area contributed by atoms with Crippen molar-refractivity contribution in [1.29, 1.82) is 0 Å². The van der Waals surface area contributed by atoms with E-state index in [0.717, 1.165) is 9.47 Å². The van der Waals surface area contributed by atoms with E-state index in [1.165, 1.54) is 70.5 Å². The van der Waals surface area contributed by atoms with Crippen molar-refractivity contribution in [3.05, 3.63) is 99.5 Å². The molecule has 296 valence electrons. The number of hydrogen-bond donors (Lipinski definition) is 1. The van der Waals surface area contributed by atoms with Gasteiger partial charge in [-0.2, -0.15) is 4.68 Å². The van der Waals surface area contributed by atoms with Gasteiger partial charge in [-0.25, -0.2) is 14.2 Å². The number of nitrogens with one attached hydrogen (secondary N) is 1. The van der Waals surface area contributed by atoms with Crippen LogP contribution in [0.3, 0.4) is 0 Å². The molecule has 0 bridgehead atoms. The van der Waals surface area contributed by atoms with Crippen molar-refractivity contribution < 1.29 is 38.4 Å². The number of carbonyl (C=O) groups is 5. The van der Waals surface area contributed by atoms with Gasteiger partial charge in [-0.1, -0.05) is 23.7 Å². The van der Waals surface area contributed by atoms with E-state index in [9.17, 15) is 34.1 Å². The van der Waals surface area contributed by atoms with E-state index in [1.54, 1.807) is 53.7 Å². The summed E-state index contributed by atoms with van der Waals surface area (Å²) >= 11 is 6.29. The number of nitrogens with zero attached hydrogens (tertiary/aromatic N) is 8. The van der Waals surface area contributed by atoms with Gasteiger partial charge in [0.2, 0.25) is 5.91 Å². The molecule has 1 aliphatic heterocycles. The normalized spacial score (nSPS) is 14.1. The molecule has 0 aliphatic carbocycles. The number of carbonyl (C=O) groups excluding carboxylic acids is 5. The zero-order valence-corrected chi connectivity index (χ0v) is 32.5. The molecule has 6 rings (SSSR count). The molecule has 3 amide bonds. The number of aromatic nitrogens is 5. The molecule has 1 saturated heterocycles. The first-order valence-corrected chi connectivity index (χ1v) is 18.0. The van der Waals surface area contributed by atoms with Crippen LogP contribution in [0.4, 0.5) is 21.9 Å². The van der Waals surface area contributed by atoms with Crippen LogP contribution in [0.25, 0.3) is 16.6 Å². The number of halogens is 1. The van der Waals surface area contributed by atoms with E-state index in [0.29, 0.717) is 22.2 Å². The Balaban J connectivity index is 1.33. The van der Waals surface area contributed by atoms with Gasteiger partial charge in [-0.3, -0.25) is 24.5 Å². The Hall–Kier alpha value is -6.69. The zero-order chi connectivity index (χ0) is 41.4. The lowest BCUT2D eigenvalue weighted by atomic mass is 10.0. The molecule has 2 aromatic heterocycles. The Labute approximate surface area is 330 Å². The van der Waals surface area contributed by atoms with E-state index in [1.807, 2.05) is 0 Å². The molecular formula is C38H38ClN9O9. The van der Waals surface area contributed by atoms with E-state index >= 15 is 0 Å². The van der Waals surface area contributed by atoms with Gasteiger partial charge in [0.25, 0.3) is 5.69 Å². The van der Waals surface area contributed by atoms with Crippen molar-refractivity contribution in [2.45, 2.75) is 65.2 Å². The molecule has 0 radical (unpaired) electrons. The Kier molecular flexibility index (Phi) is 10.8. The van der Waals surface area contributed by atoms with Gasteiger partial charge < -0.3 is 24.6 Å². The number of esters is 1. The Morgan fingerprint density at radius 3 is 2.23 bits per heavy atom. The van der Waals surface area contributed by atoms with Crippen LogP contribution in [-0.2, 0) is 30.3 Å². The number of nitro benzene ring substituents is 1. The molecule has 1 atom stereocenters. The van der Waals surface area contributed by atoms with Crippen LogP contribution in [0.2, 0.25) is 5.02 Å². The van der Waals surface area contributed by atoms with E-state index in [4.69, 9.17) is 21.1 Å². The highest BCUT2D eigenvalue weighted by molar-refractivity contribution is 6.41. The average molecular weight is 800 g/mol. The van der Waals surface area contributed by atoms with Crippen LogP contribution < -0.4 is 10.2 Å². The highest BCUT2D eigenvalue weighted by Gasteiger charge is 2.41. The number of nitro groups is 1. The number of piperazine rings is 1. The molecule has 5 aromatic rings. The van der Waals surface area contributed by atoms with Crippen molar-refractivity contribution in [2.75, 3.05) is 23.3 Å². The topological polar surface area (TPSA) is 214 Å². The maximum Gasteiger partial charge on any atom is 0.419 e. The smallest absolute Gasteiger partial charge is 0.419 e. The third-order valence-corrected chi connectivity index (χ3v) is 8.82. The van der Waals surface area contributed by atoms with Gasteiger partial charge >= 0.3 is 23.9 Å². The number of amides is 3. The van der Waals surface area contributed by atoms with Crippen molar-refractivity contribution in [2.24, 2.45) is 0 Å². The molecular weight excluding hydrogens is 762 g/mol. The lowest BCUT2D eigenvalue weighted by molar-refractivity contribution is -0.384. The summed E-state index contributed by atoms with van der Waals surface area (Å²) < 4.78 is 13.6. The second kappa shape index (κ2) is 15.4. The van der Waals surface area contributed by atoms with Gasteiger partial charge in [-0.05, 0) is 100.0 Å². The summed E-state index contributed by atoms with van der Waals surface area (Å²) in [6.45, 7) is 10.0. The molecule has 0 spiro atoms. The van der Waals surface area contributed by atoms with Crippen molar-refractivity contribution in [1.82, 2.24) is 29.7 Å². The van der Waals surface area contributed by atoms with Gasteiger partial charge in [0.1, 0.15) is 29.3 Å². The molecule has 1 fully saturated rings. The fourth-order valence-electron chi connectivity index (χ4n) is 6.18. The second-order valence-electron chi connectivity index (χ2n) is 15.1. The highest BCUT2D eigenvalue weighted by Crippen LogP contribution is 2.31. The summed E-state index contributed by atoms with van der Waals surface area (Å²) in [4.78, 5) is 81.9. The number of non-ortho nitro benzene ring substituents is 1. The van der Waals surface area contributed by atoms with Gasteiger partial charge in [0.15, 0.2) is 0 Å². The van der Waals surface area contributed by atoms with Crippen molar-refractivity contribution in [3.63, 3.8) is 0 Å². The molecule has 3 heterocycles. The summed E-state index contributed by atoms with van der Waals surface area (Å²) in [6.07, 6.45) is 0.390. The van der Waals surface area contributed by atoms with Crippen LogP contribution in [0, 0.1) is 10.1 Å². The molecule has 18 nitrogen and oxygen atoms in total. The van der Waals surface area contributed by atoms with E-state index in [-0.39, 0.29) is 47.3 Å². The second-order valence-corrected chi connectivity index (χ2v) is 15.5. The minimum Gasteiger partial charge on any atom is -0.455 e. The number of benzene rings is 3. The molecule has 0 unspecified atom stereocenters.